The number of rotatable bonds is 6. The molecule has 0 saturated carbocycles. The standard InChI is InChI=1S/C15H22N2O3/c1-12-3-2-4-13(9-12)20-8-5-14(18)17-11-15(19)6-7-16-10-15/h2-4,9,16,19H,5-8,10-11H2,1H3,(H,17,18). The summed E-state index contributed by atoms with van der Waals surface area (Å²) < 4.78 is 5.52. The Labute approximate surface area is 119 Å². The van der Waals surface area contributed by atoms with Gasteiger partial charge in [-0.2, -0.15) is 0 Å². The highest BCUT2D eigenvalue weighted by Gasteiger charge is 2.31. The van der Waals surface area contributed by atoms with Crippen LogP contribution in [0.5, 0.6) is 5.75 Å². The quantitative estimate of drug-likeness (QED) is 0.713. The van der Waals surface area contributed by atoms with E-state index in [0.29, 0.717) is 26.1 Å². The highest BCUT2D eigenvalue weighted by atomic mass is 16.5. The minimum absolute atomic E-state index is 0.0991. The van der Waals surface area contributed by atoms with Crippen LogP contribution in [0.3, 0.4) is 0 Å². The van der Waals surface area contributed by atoms with Crippen LogP contribution >= 0.6 is 0 Å². The van der Waals surface area contributed by atoms with Gasteiger partial charge < -0.3 is 20.5 Å². The van der Waals surface area contributed by atoms with Gasteiger partial charge in [0.05, 0.1) is 18.6 Å². The second-order valence-corrected chi connectivity index (χ2v) is 5.34. The minimum atomic E-state index is -0.799. The molecule has 1 aromatic carbocycles. The lowest BCUT2D eigenvalue weighted by Gasteiger charge is -2.21. The lowest BCUT2D eigenvalue weighted by atomic mass is 10.0. The molecular formula is C15H22N2O3. The van der Waals surface area contributed by atoms with E-state index in [1.807, 2.05) is 31.2 Å². The van der Waals surface area contributed by atoms with Gasteiger partial charge in [0, 0.05) is 13.1 Å². The fourth-order valence-electron chi connectivity index (χ4n) is 2.20. The van der Waals surface area contributed by atoms with E-state index in [9.17, 15) is 9.90 Å². The van der Waals surface area contributed by atoms with Gasteiger partial charge in [0.15, 0.2) is 0 Å². The van der Waals surface area contributed by atoms with Gasteiger partial charge in [-0.25, -0.2) is 0 Å². The number of β-amino-alcohol motifs (C(OH)–C–C–N with tert-alkyl or cyclic N) is 1. The molecule has 1 aliphatic rings. The lowest BCUT2D eigenvalue weighted by Crippen LogP contribution is -2.44. The largest absolute Gasteiger partial charge is 0.493 e. The van der Waals surface area contributed by atoms with Crippen molar-refractivity contribution in [3.63, 3.8) is 0 Å². The normalized spacial score (nSPS) is 21.7. The molecule has 0 spiro atoms. The van der Waals surface area contributed by atoms with Crippen molar-refractivity contribution < 1.29 is 14.6 Å². The second kappa shape index (κ2) is 6.72. The summed E-state index contributed by atoms with van der Waals surface area (Å²) >= 11 is 0. The number of carbonyl (C=O) groups excluding carboxylic acids is 1. The van der Waals surface area contributed by atoms with Crippen LogP contribution in [0, 0.1) is 6.92 Å². The zero-order valence-corrected chi connectivity index (χ0v) is 11.8. The molecule has 5 heteroatoms. The molecule has 0 radical (unpaired) electrons. The smallest absolute Gasteiger partial charge is 0.223 e. The molecule has 2 rings (SSSR count). The van der Waals surface area contributed by atoms with E-state index in [0.717, 1.165) is 17.9 Å². The van der Waals surface area contributed by atoms with Crippen molar-refractivity contribution in [1.82, 2.24) is 10.6 Å². The Bertz CT molecular complexity index is 456. The third kappa shape index (κ3) is 4.51. The first-order valence-electron chi connectivity index (χ1n) is 6.97. The number of hydrogen-bond donors (Lipinski definition) is 3. The number of hydrogen-bond acceptors (Lipinski definition) is 4. The maximum Gasteiger partial charge on any atom is 0.223 e. The number of ether oxygens (including phenoxy) is 1. The van der Waals surface area contributed by atoms with E-state index in [4.69, 9.17) is 4.74 Å². The molecule has 1 amide bonds. The minimum Gasteiger partial charge on any atom is -0.493 e. The van der Waals surface area contributed by atoms with E-state index in [1.165, 1.54) is 0 Å². The number of benzene rings is 1. The molecule has 1 heterocycles. The van der Waals surface area contributed by atoms with Crippen molar-refractivity contribution >= 4 is 5.91 Å². The van der Waals surface area contributed by atoms with Gasteiger partial charge in [-0.1, -0.05) is 12.1 Å². The van der Waals surface area contributed by atoms with E-state index < -0.39 is 5.60 Å². The van der Waals surface area contributed by atoms with Gasteiger partial charge in [-0.15, -0.1) is 0 Å². The van der Waals surface area contributed by atoms with Gasteiger partial charge in [-0.05, 0) is 37.6 Å². The van der Waals surface area contributed by atoms with Gasteiger partial charge in [0.2, 0.25) is 5.91 Å². The topological polar surface area (TPSA) is 70.6 Å². The molecule has 1 fully saturated rings. The highest BCUT2D eigenvalue weighted by molar-refractivity contribution is 5.76. The predicted octanol–water partition coefficient (Wildman–Crippen LogP) is 0.605. The second-order valence-electron chi connectivity index (χ2n) is 5.34. The van der Waals surface area contributed by atoms with E-state index >= 15 is 0 Å². The summed E-state index contributed by atoms with van der Waals surface area (Å²) in [5.41, 5.74) is 0.329. The van der Waals surface area contributed by atoms with Gasteiger partial charge in [-0.3, -0.25) is 4.79 Å². The summed E-state index contributed by atoms with van der Waals surface area (Å²) in [6.07, 6.45) is 0.963. The highest BCUT2D eigenvalue weighted by Crippen LogP contribution is 2.13. The zero-order chi connectivity index (χ0) is 14.4. The Hall–Kier alpha value is -1.59. The van der Waals surface area contributed by atoms with E-state index in [-0.39, 0.29) is 12.3 Å². The molecule has 0 bridgehead atoms. The van der Waals surface area contributed by atoms with Gasteiger partial charge in [0.25, 0.3) is 0 Å². The molecule has 110 valence electrons. The Kier molecular flexibility index (Phi) is 4.98. The van der Waals surface area contributed by atoms with Crippen LogP contribution in [0.4, 0.5) is 0 Å². The monoisotopic (exact) mass is 278 g/mol. The van der Waals surface area contributed by atoms with Crippen LogP contribution in [0.25, 0.3) is 0 Å². The first-order chi connectivity index (χ1) is 9.57. The summed E-state index contributed by atoms with van der Waals surface area (Å²) in [5, 5.41) is 15.9. The molecule has 1 atom stereocenters. The zero-order valence-electron chi connectivity index (χ0n) is 11.8. The number of aryl methyl sites for hydroxylation is 1. The van der Waals surface area contributed by atoms with Crippen molar-refractivity contribution in [1.29, 1.82) is 0 Å². The summed E-state index contributed by atoms with van der Waals surface area (Å²) in [7, 11) is 0. The molecule has 1 saturated heterocycles. The molecule has 1 unspecified atom stereocenters. The van der Waals surface area contributed by atoms with Crippen LogP contribution in [-0.2, 0) is 4.79 Å². The van der Waals surface area contributed by atoms with Crippen LogP contribution in [-0.4, -0.2) is 42.9 Å². The summed E-state index contributed by atoms with van der Waals surface area (Å²) in [4.78, 5) is 11.7. The molecular weight excluding hydrogens is 256 g/mol. The van der Waals surface area contributed by atoms with Crippen molar-refractivity contribution in [3.8, 4) is 5.75 Å². The number of carbonyl (C=O) groups is 1. The summed E-state index contributed by atoms with van der Waals surface area (Å²) in [5.74, 6) is 0.675. The fourth-order valence-corrected chi connectivity index (χ4v) is 2.20. The molecule has 0 aliphatic carbocycles. The molecule has 5 nitrogen and oxygen atoms in total. The first kappa shape index (κ1) is 14.8. The average molecular weight is 278 g/mol. The Balaban J connectivity index is 1.65. The van der Waals surface area contributed by atoms with Crippen LogP contribution in [0.1, 0.15) is 18.4 Å². The van der Waals surface area contributed by atoms with Gasteiger partial charge in [0.1, 0.15) is 5.75 Å². The summed E-state index contributed by atoms with van der Waals surface area (Å²) in [6.45, 7) is 3.96. The molecule has 1 aliphatic heterocycles. The molecule has 1 aromatic rings. The fraction of sp³-hybridized carbons (Fsp3) is 0.533. The molecule has 20 heavy (non-hydrogen) atoms. The number of amides is 1. The SMILES string of the molecule is Cc1cccc(OCCC(=O)NCC2(O)CCNC2)c1. The van der Waals surface area contributed by atoms with Crippen LogP contribution in [0.15, 0.2) is 24.3 Å². The summed E-state index contributed by atoms with van der Waals surface area (Å²) in [6, 6.07) is 7.73. The van der Waals surface area contributed by atoms with E-state index in [2.05, 4.69) is 10.6 Å². The van der Waals surface area contributed by atoms with Crippen LogP contribution < -0.4 is 15.4 Å². The van der Waals surface area contributed by atoms with Gasteiger partial charge >= 0.3 is 0 Å². The Morgan fingerprint density at radius 1 is 1.55 bits per heavy atom. The first-order valence-corrected chi connectivity index (χ1v) is 6.97. The van der Waals surface area contributed by atoms with Crippen molar-refractivity contribution in [2.45, 2.75) is 25.4 Å². The Morgan fingerprint density at radius 3 is 3.10 bits per heavy atom. The van der Waals surface area contributed by atoms with Crippen molar-refractivity contribution in [2.24, 2.45) is 0 Å². The molecule has 0 aromatic heterocycles. The molecule has 3 N–H and O–H groups in total. The van der Waals surface area contributed by atoms with Crippen molar-refractivity contribution in [2.75, 3.05) is 26.2 Å². The lowest BCUT2D eigenvalue weighted by molar-refractivity contribution is -0.122. The Morgan fingerprint density at radius 2 is 2.40 bits per heavy atom. The maximum atomic E-state index is 11.7. The average Bonchev–Trinajstić information content (AvgIpc) is 2.84. The number of aliphatic hydroxyl groups is 1. The third-order valence-electron chi connectivity index (χ3n) is 3.42. The van der Waals surface area contributed by atoms with Crippen LogP contribution in [0.2, 0.25) is 0 Å². The van der Waals surface area contributed by atoms with Crippen molar-refractivity contribution in [3.05, 3.63) is 29.8 Å². The maximum absolute atomic E-state index is 11.7. The van der Waals surface area contributed by atoms with E-state index in [1.54, 1.807) is 0 Å². The predicted molar refractivity (Wildman–Crippen MR) is 76.7 cm³/mol. The third-order valence-corrected chi connectivity index (χ3v) is 3.42. The number of nitrogens with one attached hydrogen (secondary N) is 2.